The molecule has 3 heteroatoms. The van der Waals surface area contributed by atoms with E-state index in [-0.39, 0.29) is 6.04 Å². The predicted octanol–water partition coefficient (Wildman–Crippen LogP) is 5.13. The van der Waals surface area contributed by atoms with E-state index in [1.54, 1.807) is 7.11 Å². The molecule has 0 heterocycles. The molecule has 0 amide bonds. The van der Waals surface area contributed by atoms with Crippen LogP contribution >= 0.6 is 0 Å². The Balaban J connectivity index is 1.72. The second-order valence-corrected chi connectivity index (χ2v) is 6.24. The lowest BCUT2D eigenvalue weighted by molar-refractivity contribution is 0.280. The Kier molecular flexibility index (Phi) is 6.29. The number of methoxy groups -OCH3 is 1. The van der Waals surface area contributed by atoms with Gasteiger partial charge in [-0.15, -0.1) is 0 Å². The van der Waals surface area contributed by atoms with E-state index < -0.39 is 0 Å². The molecule has 0 radical (unpaired) electrons. The van der Waals surface area contributed by atoms with Crippen LogP contribution in [-0.4, -0.2) is 7.11 Å². The van der Waals surface area contributed by atoms with E-state index in [4.69, 9.17) is 9.47 Å². The van der Waals surface area contributed by atoms with Crippen LogP contribution in [0.5, 0.6) is 11.5 Å². The summed E-state index contributed by atoms with van der Waals surface area (Å²) >= 11 is 0. The molecule has 3 rings (SSSR count). The van der Waals surface area contributed by atoms with Crippen LogP contribution in [0.4, 0.5) is 0 Å². The number of hydrogen-bond donors (Lipinski definition) is 1. The third-order valence-electron chi connectivity index (χ3n) is 4.40. The van der Waals surface area contributed by atoms with Crippen molar-refractivity contribution in [1.82, 2.24) is 5.32 Å². The fourth-order valence-corrected chi connectivity index (χ4v) is 2.88. The Morgan fingerprint density at radius 3 is 2.23 bits per heavy atom. The first-order valence-corrected chi connectivity index (χ1v) is 8.89. The summed E-state index contributed by atoms with van der Waals surface area (Å²) in [6.07, 6.45) is 0. The summed E-state index contributed by atoms with van der Waals surface area (Å²) in [6.45, 7) is 3.39. The van der Waals surface area contributed by atoms with Crippen LogP contribution in [0.15, 0.2) is 78.9 Å². The van der Waals surface area contributed by atoms with Gasteiger partial charge in [-0.1, -0.05) is 72.8 Å². The molecule has 3 nitrogen and oxygen atoms in total. The maximum absolute atomic E-state index is 6.12. The van der Waals surface area contributed by atoms with Crippen LogP contribution in [0.2, 0.25) is 0 Å². The minimum atomic E-state index is 0.254. The second kappa shape index (κ2) is 9.07. The summed E-state index contributed by atoms with van der Waals surface area (Å²) in [5.74, 6) is 1.55. The van der Waals surface area contributed by atoms with Crippen LogP contribution in [0.3, 0.4) is 0 Å². The molecule has 0 unspecified atom stereocenters. The highest BCUT2D eigenvalue weighted by Gasteiger charge is 2.12. The van der Waals surface area contributed by atoms with Crippen molar-refractivity contribution < 1.29 is 9.47 Å². The molecule has 0 aliphatic rings. The molecule has 0 aliphatic carbocycles. The molecular formula is C23H25NO2. The minimum Gasteiger partial charge on any atom is -0.493 e. The van der Waals surface area contributed by atoms with Crippen LogP contribution in [0.25, 0.3) is 0 Å². The number of hydrogen-bond acceptors (Lipinski definition) is 3. The maximum Gasteiger partial charge on any atom is 0.166 e. The number of benzene rings is 3. The molecule has 0 fully saturated rings. The summed E-state index contributed by atoms with van der Waals surface area (Å²) in [5.41, 5.74) is 3.49. The molecule has 0 saturated heterocycles. The summed E-state index contributed by atoms with van der Waals surface area (Å²) in [4.78, 5) is 0. The number of nitrogens with one attached hydrogen (secondary N) is 1. The first kappa shape index (κ1) is 18.0. The first-order valence-electron chi connectivity index (χ1n) is 8.89. The van der Waals surface area contributed by atoms with Crippen LogP contribution in [-0.2, 0) is 13.2 Å². The van der Waals surface area contributed by atoms with Crippen LogP contribution in [0.1, 0.15) is 29.7 Å². The van der Waals surface area contributed by atoms with E-state index in [0.29, 0.717) is 13.2 Å². The van der Waals surface area contributed by atoms with Gasteiger partial charge in [0.1, 0.15) is 6.61 Å². The van der Waals surface area contributed by atoms with Gasteiger partial charge >= 0.3 is 0 Å². The molecule has 0 bridgehead atoms. The van der Waals surface area contributed by atoms with E-state index >= 15 is 0 Å². The monoisotopic (exact) mass is 347 g/mol. The molecule has 3 aromatic carbocycles. The van der Waals surface area contributed by atoms with E-state index in [1.807, 2.05) is 36.4 Å². The highest BCUT2D eigenvalue weighted by molar-refractivity contribution is 5.46. The van der Waals surface area contributed by atoms with E-state index in [2.05, 4.69) is 54.7 Å². The zero-order valence-electron chi connectivity index (χ0n) is 15.3. The molecule has 0 spiro atoms. The third kappa shape index (κ3) is 4.64. The molecule has 1 atom stereocenters. The zero-order valence-corrected chi connectivity index (χ0v) is 15.3. The van der Waals surface area contributed by atoms with Crippen molar-refractivity contribution in [3.8, 4) is 11.5 Å². The fourth-order valence-electron chi connectivity index (χ4n) is 2.88. The summed E-state index contributed by atoms with van der Waals surface area (Å²) in [6, 6.07) is 26.9. The average molecular weight is 347 g/mol. The first-order chi connectivity index (χ1) is 12.8. The van der Waals surface area contributed by atoms with Gasteiger partial charge < -0.3 is 14.8 Å². The lowest BCUT2D eigenvalue weighted by Gasteiger charge is -2.18. The topological polar surface area (TPSA) is 30.5 Å². The Labute approximate surface area is 155 Å². The van der Waals surface area contributed by atoms with Gasteiger partial charge in [0.15, 0.2) is 11.5 Å². The largest absolute Gasteiger partial charge is 0.493 e. The third-order valence-corrected chi connectivity index (χ3v) is 4.40. The van der Waals surface area contributed by atoms with Gasteiger partial charge in [0.05, 0.1) is 7.11 Å². The van der Waals surface area contributed by atoms with Crippen molar-refractivity contribution in [2.45, 2.75) is 26.1 Å². The van der Waals surface area contributed by atoms with Crippen molar-refractivity contribution in [2.24, 2.45) is 0 Å². The van der Waals surface area contributed by atoms with Crippen molar-refractivity contribution in [3.05, 3.63) is 95.6 Å². The number of para-hydroxylation sites is 1. The van der Waals surface area contributed by atoms with Gasteiger partial charge in [0.25, 0.3) is 0 Å². The standard InChI is InChI=1S/C23H25NO2/c1-18(20-12-7-4-8-13-20)24-16-21-14-9-15-22(25-2)23(21)26-17-19-10-5-3-6-11-19/h3-15,18,24H,16-17H2,1-2H3/t18-/m1/s1. The van der Waals surface area contributed by atoms with E-state index in [1.165, 1.54) is 5.56 Å². The Hall–Kier alpha value is -2.78. The Bertz CT molecular complexity index is 803. The molecule has 0 aromatic heterocycles. The fraction of sp³-hybridized carbons (Fsp3) is 0.217. The van der Waals surface area contributed by atoms with Gasteiger partial charge in [-0.3, -0.25) is 0 Å². The van der Waals surface area contributed by atoms with Gasteiger partial charge in [0, 0.05) is 18.2 Å². The molecule has 3 aromatic rings. The van der Waals surface area contributed by atoms with E-state index in [0.717, 1.165) is 22.6 Å². The minimum absolute atomic E-state index is 0.254. The van der Waals surface area contributed by atoms with E-state index in [9.17, 15) is 0 Å². The molecule has 0 saturated carbocycles. The smallest absolute Gasteiger partial charge is 0.166 e. The average Bonchev–Trinajstić information content (AvgIpc) is 2.72. The quantitative estimate of drug-likeness (QED) is 0.613. The Morgan fingerprint density at radius 1 is 0.846 bits per heavy atom. The molecule has 0 aliphatic heterocycles. The molecule has 26 heavy (non-hydrogen) atoms. The van der Waals surface area contributed by atoms with Gasteiger partial charge in [-0.25, -0.2) is 0 Å². The van der Waals surface area contributed by atoms with Crippen molar-refractivity contribution >= 4 is 0 Å². The SMILES string of the molecule is COc1cccc(CN[C@H](C)c2ccccc2)c1OCc1ccccc1. The highest BCUT2D eigenvalue weighted by atomic mass is 16.5. The van der Waals surface area contributed by atoms with Crippen LogP contribution in [0, 0.1) is 0 Å². The number of rotatable bonds is 8. The van der Waals surface area contributed by atoms with Crippen LogP contribution < -0.4 is 14.8 Å². The summed E-state index contributed by atoms with van der Waals surface area (Å²) in [5, 5.41) is 3.57. The molecular weight excluding hydrogens is 322 g/mol. The predicted molar refractivity (Wildman–Crippen MR) is 105 cm³/mol. The maximum atomic E-state index is 6.12. The number of ether oxygens (including phenoxy) is 2. The molecule has 134 valence electrons. The zero-order chi connectivity index (χ0) is 18.2. The summed E-state index contributed by atoms with van der Waals surface area (Å²) in [7, 11) is 1.68. The normalized spacial score (nSPS) is 11.8. The highest BCUT2D eigenvalue weighted by Crippen LogP contribution is 2.32. The lowest BCUT2D eigenvalue weighted by Crippen LogP contribution is -2.18. The lowest BCUT2D eigenvalue weighted by atomic mass is 10.1. The summed E-state index contributed by atoms with van der Waals surface area (Å²) < 4.78 is 11.6. The second-order valence-electron chi connectivity index (χ2n) is 6.24. The van der Waals surface area contributed by atoms with Gasteiger partial charge in [-0.05, 0) is 24.1 Å². The van der Waals surface area contributed by atoms with Gasteiger partial charge in [0.2, 0.25) is 0 Å². The van der Waals surface area contributed by atoms with Crippen molar-refractivity contribution in [2.75, 3.05) is 7.11 Å². The molecule has 1 N–H and O–H groups in total. The van der Waals surface area contributed by atoms with Crippen molar-refractivity contribution in [3.63, 3.8) is 0 Å². The Morgan fingerprint density at radius 2 is 1.54 bits per heavy atom. The van der Waals surface area contributed by atoms with Crippen molar-refractivity contribution in [1.29, 1.82) is 0 Å². The van der Waals surface area contributed by atoms with Gasteiger partial charge in [-0.2, -0.15) is 0 Å².